The van der Waals surface area contributed by atoms with Crippen LogP contribution in [-0.2, 0) is 9.53 Å². The normalized spacial score (nSPS) is 12.4. The fraction of sp³-hybridized carbons (Fsp3) is 0.769. The van der Waals surface area contributed by atoms with Gasteiger partial charge in [-0.05, 0) is 32.1 Å². The fourth-order valence-electron chi connectivity index (χ4n) is 1.56. The zero-order chi connectivity index (χ0) is 12.2. The number of allylic oxidation sites excluding steroid dienone is 1. The van der Waals surface area contributed by atoms with Gasteiger partial charge in [0.1, 0.15) is 5.78 Å². The molecule has 0 aliphatic heterocycles. The van der Waals surface area contributed by atoms with Crippen LogP contribution in [0.2, 0.25) is 0 Å². The van der Waals surface area contributed by atoms with E-state index in [1.54, 1.807) is 7.11 Å². The number of rotatable bonds is 11. The Balaban J connectivity index is 3.43. The maximum atomic E-state index is 11.6. The summed E-state index contributed by atoms with van der Waals surface area (Å²) in [6.45, 7) is 4.35. The lowest BCUT2D eigenvalue weighted by Crippen LogP contribution is -2.30. The molecule has 3 heteroatoms. The number of carbonyl (C=O) groups is 1. The molecule has 94 valence electrons. The van der Waals surface area contributed by atoms with Gasteiger partial charge in [0.25, 0.3) is 0 Å². The van der Waals surface area contributed by atoms with Crippen LogP contribution in [0, 0.1) is 0 Å². The molecule has 0 aromatic carbocycles. The SMILES string of the molecule is C=CCCCCCC(=O)C(N)CCCOC. The fourth-order valence-corrected chi connectivity index (χ4v) is 1.56. The molecule has 0 rings (SSSR count). The Kier molecular flexibility index (Phi) is 10.4. The van der Waals surface area contributed by atoms with E-state index in [0.29, 0.717) is 13.0 Å². The second kappa shape index (κ2) is 10.8. The van der Waals surface area contributed by atoms with Gasteiger partial charge in [-0.1, -0.05) is 12.5 Å². The van der Waals surface area contributed by atoms with Crippen molar-refractivity contribution in [2.24, 2.45) is 5.73 Å². The summed E-state index contributed by atoms with van der Waals surface area (Å²) >= 11 is 0. The lowest BCUT2D eigenvalue weighted by Gasteiger charge is -2.09. The highest BCUT2D eigenvalue weighted by atomic mass is 16.5. The number of ether oxygens (including phenoxy) is 1. The summed E-state index contributed by atoms with van der Waals surface area (Å²) < 4.78 is 4.92. The van der Waals surface area contributed by atoms with E-state index in [1.807, 2.05) is 6.08 Å². The van der Waals surface area contributed by atoms with Crippen LogP contribution in [0.25, 0.3) is 0 Å². The zero-order valence-electron chi connectivity index (χ0n) is 10.4. The van der Waals surface area contributed by atoms with Crippen molar-refractivity contribution in [3.63, 3.8) is 0 Å². The summed E-state index contributed by atoms with van der Waals surface area (Å²) in [5.74, 6) is 0.190. The summed E-state index contributed by atoms with van der Waals surface area (Å²) in [6, 6.07) is -0.297. The second-order valence-corrected chi connectivity index (χ2v) is 4.10. The van der Waals surface area contributed by atoms with Crippen LogP contribution in [0.15, 0.2) is 12.7 Å². The molecule has 0 heterocycles. The van der Waals surface area contributed by atoms with Crippen LogP contribution < -0.4 is 5.73 Å². The average Bonchev–Trinajstić information content (AvgIpc) is 2.28. The topological polar surface area (TPSA) is 52.3 Å². The van der Waals surface area contributed by atoms with E-state index < -0.39 is 0 Å². The van der Waals surface area contributed by atoms with E-state index in [1.165, 1.54) is 0 Å². The van der Waals surface area contributed by atoms with Gasteiger partial charge in [0.05, 0.1) is 6.04 Å². The first-order chi connectivity index (χ1) is 7.72. The highest BCUT2D eigenvalue weighted by Gasteiger charge is 2.11. The first-order valence-electron chi connectivity index (χ1n) is 6.10. The number of nitrogens with two attached hydrogens (primary N) is 1. The molecule has 0 aliphatic carbocycles. The van der Waals surface area contributed by atoms with E-state index >= 15 is 0 Å². The third-order valence-corrected chi connectivity index (χ3v) is 2.61. The first-order valence-corrected chi connectivity index (χ1v) is 6.10. The Hall–Kier alpha value is -0.670. The van der Waals surface area contributed by atoms with Gasteiger partial charge in [0.2, 0.25) is 0 Å². The molecule has 2 N–H and O–H groups in total. The summed E-state index contributed by atoms with van der Waals surface area (Å²) in [7, 11) is 1.66. The molecular weight excluding hydrogens is 202 g/mol. The number of ketones is 1. The minimum atomic E-state index is -0.297. The van der Waals surface area contributed by atoms with Crippen molar-refractivity contribution in [3.05, 3.63) is 12.7 Å². The van der Waals surface area contributed by atoms with Crippen molar-refractivity contribution < 1.29 is 9.53 Å². The smallest absolute Gasteiger partial charge is 0.149 e. The van der Waals surface area contributed by atoms with Gasteiger partial charge in [0.15, 0.2) is 0 Å². The highest BCUT2D eigenvalue weighted by Crippen LogP contribution is 2.06. The number of hydrogen-bond acceptors (Lipinski definition) is 3. The molecule has 1 atom stereocenters. The lowest BCUT2D eigenvalue weighted by atomic mass is 10.0. The van der Waals surface area contributed by atoms with Gasteiger partial charge in [-0.25, -0.2) is 0 Å². The number of methoxy groups -OCH3 is 1. The minimum Gasteiger partial charge on any atom is -0.385 e. The molecule has 3 nitrogen and oxygen atoms in total. The van der Waals surface area contributed by atoms with E-state index in [4.69, 9.17) is 10.5 Å². The Labute approximate surface area is 99.0 Å². The van der Waals surface area contributed by atoms with E-state index in [-0.39, 0.29) is 11.8 Å². The molecule has 0 aliphatic rings. The van der Waals surface area contributed by atoms with Crippen LogP contribution >= 0.6 is 0 Å². The molecule has 0 spiro atoms. The molecule has 0 fully saturated rings. The summed E-state index contributed by atoms with van der Waals surface area (Å²) in [5, 5.41) is 0. The second-order valence-electron chi connectivity index (χ2n) is 4.10. The van der Waals surface area contributed by atoms with Crippen molar-refractivity contribution in [1.82, 2.24) is 0 Å². The number of carbonyl (C=O) groups excluding carboxylic acids is 1. The predicted molar refractivity (Wildman–Crippen MR) is 67.4 cm³/mol. The molecular formula is C13H25NO2. The zero-order valence-corrected chi connectivity index (χ0v) is 10.4. The van der Waals surface area contributed by atoms with Gasteiger partial charge in [0, 0.05) is 20.1 Å². The van der Waals surface area contributed by atoms with Gasteiger partial charge in [-0.2, -0.15) is 0 Å². The quantitative estimate of drug-likeness (QED) is 0.436. The molecule has 0 bridgehead atoms. The summed E-state index contributed by atoms with van der Waals surface area (Å²) in [5.41, 5.74) is 5.78. The van der Waals surface area contributed by atoms with Crippen LogP contribution in [0.3, 0.4) is 0 Å². The van der Waals surface area contributed by atoms with Crippen LogP contribution in [0.1, 0.15) is 44.9 Å². The van der Waals surface area contributed by atoms with E-state index in [0.717, 1.165) is 38.5 Å². The molecule has 0 saturated heterocycles. The van der Waals surface area contributed by atoms with Crippen molar-refractivity contribution in [2.75, 3.05) is 13.7 Å². The molecule has 1 unspecified atom stereocenters. The maximum absolute atomic E-state index is 11.6. The molecule has 0 aromatic rings. The predicted octanol–water partition coefficient (Wildman–Crippen LogP) is 2.45. The van der Waals surface area contributed by atoms with Crippen LogP contribution in [-0.4, -0.2) is 25.5 Å². The Morgan fingerprint density at radius 3 is 2.75 bits per heavy atom. The Morgan fingerprint density at radius 2 is 2.12 bits per heavy atom. The molecule has 0 aromatic heterocycles. The first kappa shape index (κ1) is 15.3. The van der Waals surface area contributed by atoms with E-state index in [9.17, 15) is 4.79 Å². The van der Waals surface area contributed by atoms with Crippen LogP contribution in [0.5, 0.6) is 0 Å². The monoisotopic (exact) mass is 227 g/mol. The molecule has 0 saturated carbocycles. The van der Waals surface area contributed by atoms with Crippen molar-refractivity contribution in [3.8, 4) is 0 Å². The maximum Gasteiger partial charge on any atom is 0.149 e. The molecule has 16 heavy (non-hydrogen) atoms. The lowest BCUT2D eigenvalue weighted by molar-refractivity contribution is -0.120. The molecule has 0 amide bonds. The number of unbranched alkanes of at least 4 members (excludes halogenated alkanes) is 3. The molecule has 0 radical (unpaired) electrons. The van der Waals surface area contributed by atoms with Gasteiger partial charge < -0.3 is 10.5 Å². The number of hydrogen-bond donors (Lipinski definition) is 1. The third-order valence-electron chi connectivity index (χ3n) is 2.61. The van der Waals surface area contributed by atoms with E-state index in [2.05, 4.69) is 6.58 Å². The Morgan fingerprint density at radius 1 is 1.38 bits per heavy atom. The van der Waals surface area contributed by atoms with Crippen molar-refractivity contribution >= 4 is 5.78 Å². The minimum absolute atomic E-state index is 0.190. The summed E-state index contributed by atoms with van der Waals surface area (Å²) in [6.07, 6.45) is 8.32. The average molecular weight is 227 g/mol. The van der Waals surface area contributed by atoms with Crippen molar-refractivity contribution in [2.45, 2.75) is 51.0 Å². The summed E-state index contributed by atoms with van der Waals surface area (Å²) in [4.78, 5) is 11.6. The highest BCUT2D eigenvalue weighted by molar-refractivity contribution is 5.83. The van der Waals surface area contributed by atoms with Crippen molar-refractivity contribution in [1.29, 1.82) is 0 Å². The van der Waals surface area contributed by atoms with Gasteiger partial charge in [-0.15, -0.1) is 6.58 Å². The Bertz CT molecular complexity index is 192. The standard InChI is InChI=1S/C13H25NO2/c1-3-4-5-6-7-10-13(15)12(14)9-8-11-16-2/h3,12H,1,4-11,14H2,2H3. The third kappa shape index (κ3) is 8.62. The van der Waals surface area contributed by atoms with Gasteiger partial charge >= 0.3 is 0 Å². The van der Waals surface area contributed by atoms with Crippen LogP contribution in [0.4, 0.5) is 0 Å². The largest absolute Gasteiger partial charge is 0.385 e. The number of Topliss-reactive ketones (excluding diaryl/α,β-unsaturated/α-hetero) is 1. The van der Waals surface area contributed by atoms with Gasteiger partial charge in [-0.3, -0.25) is 4.79 Å².